The van der Waals surface area contributed by atoms with Crippen molar-refractivity contribution in [2.75, 3.05) is 26.2 Å². The van der Waals surface area contributed by atoms with Crippen LogP contribution in [0.4, 0.5) is 0 Å². The normalized spacial score (nSPS) is 16.2. The quantitative estimate of drug-likeness (QED) is 0.845. The first kappa shape index (κ1) is 16.5. The summed E-state index contributed by atoms with van der Waals surface area (Å²) < 4.78 is 4.80. The first-order valence-electron chi connectivity index (χ1n) is 8.44. The second-order valence-corrected chi connectivity index (χ2v) is 6.31. The molecule has 1 aliphatic heterocycles. The van der Waals surface area contributed by atoms with Crippen molar-refractivity contribution in [3.05, 3.63) is 58.1 Å². The van der Waals surface area contributed by atoms with E-state index in [-0.39, 0.29) is 11.7 Å². The van der Waals surface area contributed by atoms with Crippen LogP contribution < -0.4 is 10.9 Å². The summed E-state index contributed by atoms with van der Waals surface area (Å²) in [6.45, 7) is 3.83. The van der Waals surface area contributed by atoms with Gasteiger partial charge in [-0.25, -0.2) is 0 Å². The lowest BCUT2D eigenvalue weighted by Crippen LogP contribution is -2.39. The number of aromatic amines is 1. The molecule has 6 nitrogen and oxygen atoms in total. The number of carbonyl (C=O) groups is 1. The van der Waals surface area contributed by atoms with E-state index in [0.717, 1.165) is 38.9 Å². The summed E-state index contributed by atoms with van der Waals surface area (Å²) in [7, 11) is 0. The van der Waals surface area contributed by atoms with Gasteiger partial charge in [-0.15, -0.1) is 0 Å². The van der Waals surface area contributed by atoms with Crippen LogP contribution in [0.15, 0.2) is 45.7 Å². The van der Waals surface area contributed by atoms with Crippen molar-refractivity contribution in [3.63, 3.8) is 0 Å². The standard InChI is InChI=1S/C18H23N3O3/c22-17-12-16(24-20-17)18(23)19-13-15-7-10-21(11-8-15)9-6-14-4-2-1-3-5-14/h1-5,12,15H,6-11,13H2,(H,19,23)(H,20,22). The maximum atomic E-state index is 11.9. The van der Waals surface area contributed by atoms with Gasteiger partial charge in [-0.2, -0.15) is 5.16 Å². The molecule has 2 aromatic rings. The molecular formula is C18H23N3O3. The summed E-state index contributed by atoms with van der Waals surface area (Å²) in [6.07, 6.45) is 3.23. The maximum absolute atomic E-state index is 11.9. The number of benzene rings is 1. The zero-order valence-electron chi connectivity index (χ0n) is 13.7. The molecule has 1 fully saturated rings. The first-order chi connectivity index (χ1) is 11.7. The van der Waals surface area contributed by atoms with E-state index in [1.807, 2.05) is 6.07 Å². The van der Waals surface area contributed by atoms with E-state index < -0.39 is 5.56 Å². The molecule has 128 valence electrons. The van der Waals surface area contributed by atoms with Crippen molar-refractivity contribution in [1.29, 1.82) is 0 Å². The van der Waals surface area contributed by atoms with Crippen LogP contribution >= 0.6 is 0 Å². The summed E-state index contributed by atoms with van der Waals surface area (Å²) in [5.74, 6) is 0.188. The van der Waals surface area contributed by atoms with Gasteiger partial charge in [-0.3, -0.25) is 9.59 Å². The smallest absolute Gasteiger partial charge is 0.289 e. The molecule has 1 aromatic heterocycles. The van der Waals surface area contributed by atoms with E-state index >= 15 is 0 Å². The molecule has 0 bridgehead atoms. The molecule has 24 heavy (non-hydrogen) atoms. The molecule has 0 spiro atoms. The van der Waals surface area contributed by atoms with Crippen LogP contribution in [0.2, 0.25) is 0 Å². The minimum Gasteiger partial charge on any atom is -0.373 e. The van der Waals surface area contributed by atoms with Crippen LogP contribution in [-0.2, 0) is 6.42 Å². The number of hydrogen-bond acceptors (Lipinski definition) is 4. The Labute approximate surface area is 140 Å². The lowest BCUT2D eigenvalue weighted by Gasteiger charge is -2.32. The molecule has 3 rings (SSSR count). The SMILES string of the molecule is O=C(NCC1CCN(CCc2ccccc2)CC1)c1cc(=O)[nH]o1. The molecule has 0 radical (unpaired) electrons. The fraction of sp³-hybridized carbons (Fsp3) is 0.444. The van der Waals surface area contributed by atoms with E-state index in [4.69, 9.17) is 4.52 Å². The van der Waals surface area contributed by atoms with Crippen LogP contribution in [0.3, 0.4) is 0 Å². The van der Waals surface area contributed by atoms with E-state index in [2.05, 4.69) is 39.6 Å². The van der Waals surface area contributed by atoms with Gasteiger partial charge in [-0.1, -0.05) is 30.3 Å². The van der Waals surface area contributed by atoms with Crippen molar-refractivity contribution in [2.45, 2.75) is 19.3 Å². The summed E-state index contributed by atoms with van der Waals surface area (Å²) in [4.78, 5) is 25.3. The number of carbonyl (C=O) groups excluding carboxylic acids is 1. The van der Waals surface area contributed by atoms with Gasteiger partial charge in [-0.05, 0) is 43.8 Å². The van der Waals surface area contributed by atoms with Crippen LogP contribution in [0.5, 0.6) is 0 Å². The van der Waals surface area contributed by atoms with Crippen molar-refractivity contribution < 1.29 is 9.32 Å². The Balaban J connectivity index is 1.36. The highest BCUT2D eigenvalue weighted by atomic mass is 16.5. The molecule has 2 N–H and O–H groups in total. The van der Waals surface area contributed by atoms with E-state index in [1.165, 1.54) is 11.6 Å². The predicted molar refractivity (Wildman–Crippen MR) is 91.0 cm³/mol. The first-order valence-corrected chi connectivity index (χ1v) is 8.44. The zero-order chi connectivity index (χ0) is 16.8. The lowest BCUT2D eigenvalue weighted by molar-refractivity contribution is 0.0899. The zero-order valence-corrected chi connectivity index (χ0v) is 13.7. The number of likely N-dealkylation sites (tertiary alicyclic amines) is 1. The third-order valence-corrected chi connectivity index (χ3v) is 4.57. The molecule has 0 atom stereocenters. The average Bonchev–Trinajstić information content (AvgIpc) is 3.06. The van der Waals surface area contributed by atoms with Gasteiger partial charge in [0, 0.05) is 13.1 Å². The minimum atomic E-state index is -0.396. The number of H-pyrrole nitrogens is 1. The Morgan fingerprint density at radius 3 is 2.67 bits per heavy atom. The number of piperidine rings is 1. The van der Waals surface area contributed by atoms with E-state index in [1.54, 1.807) is 0 Å². The largest absolute Gasteiger partial charge is 0.373 e. The minimum absolute atomic E-state index is 0.0419. The maximum Gasteiger partial charge on any atom is 0.289 e. The number of nitrogens with one attached hydrogen (secondary N) is 2. The predicted octanol–water partition coefficient (Wildman–Crippen LogP) is 1.65. The molecule has 1 saturated heterocycles. The van der Waals surface area contributed by atoms with Gasteiger partial charge in [0.2, 0.25) is 5.76 Å². The second-order valence-electron chi connectivity index (χ2n) is 6.31. The van der Waals surface area contributed by atoms with Crippen molar-refractivity contribution in [1.82, 2.24) is 15.4 Å². The third-order valence-electron chi connectivity index (χ3n) is 4.57. The van der Waals surface area contributed by atoms with Gasteiger partial charge in [0.05, 0.1) is 6.07 Å². The van der Waals surface area contributed by atoms with Gasteiger partial charge in [0.25, 0.3) is 11.5 Å². The molecule has 0 aliphatic carbocycles. The second kappa shape index (κ2) is 7.97. The fourth-order valence-corrected chi connectivity index (χ4v) is 3.07. The lowest BCUT2D eigenvalue weighted by atomic mass is 9.96. The highest BCUT2D eigenvalue weighted by Gasteiger charge is 2.20. The molecule has 1 amide bonds. The van der Waals surface area contributed by atoms with E-state index in [0.29, 0.717) is 12.5 Å². The summed E-state index contributed by atoms with van der Waals surface area (Å²) in [6, 6.07) is 11.7. The van der Waals surface area contributed by atoms with Crippen LogP contribution in [0, 0.1) is 5.92 Å². The van der Waals surface area contributed by atoms with Gasteiger partial charge < -0.3 is 14.7 Å². The Kier molecular flexibility index (Phi) is 5.48. The topological polar surface area (TPSA) is 78.3 Å². The highest BCUT2D eigenvalue weighted by molar-refractivity contribution is 5.91. The molecule has 2 heterocycles. The summed E-state index contributed by atoms with van der Waals surface area (Å²) in [5, 5.41) is 4.97. The number of hydrogen-bond donors (Lipinski definition) is 2. The van der Waals surface area contributed by atoms with Crippen LogP contribution in [-0.4, -0.2) is 42.1 Å². The summed E-state index contributed by atoms with van der Waals surface area (Å²) in [5.41, 5.74) is 0.978. The van der Waals surface area contributed by atoms with Gasteiger partial charge in [0.1, 0.15) is 0 Å². The highest BCUT2D eigenvalue weighted by Crippen LogP contribution is 2.17. The number of amides is 1. The van der Waals surface area contributed by atoms with Crippen molar-refractivity contribution >= 4 is 5.91 Å². The Hall–Kier alpha value is -2.34. The molecule has 1 aromatic carbocycles. The third kappa shape index (κ3) is 4.58. The average molecular weight is 329 g/mol. The fourth-order valence-electron chi connectivity index (χ4n) is 3.07. The monoisotopic (exact) mass is 329 g/mol. The van der Waals surface area contributed by atoms with Crippen LogP contribution in [0.25, 0.3) is 0 Å². The molecule has 0 unspecified atom stereocenters. The van der Waals surface area contributed by atoms with Gasteiger partial charge >= 0.3 is 0 Å². The molecule has 1 aliphatic rings. The Bertz CT molecular complexity index is 700. The molecule has 0 saturated carbocycles. The summed E-state index contributed by atoms with van der Waals surface area (Å²) >= 11 is 0. The molecule has 6 heteroatoms. The van der Waals surface area contributed by atoms with Crippen LogP contribution in [0.1, 0.15) is 29.0 Å². The van der Waals surface area contributed by atoms with Crippen molar-refractivity contribution in [2.24, 2.45) is 5.92 Å². The Morgan fingerprint density at radius 2 is 2.00 bits per heavy atom. The van der Waals surface area contributed by atoms with E-state index in [9.17, 15) is 9.59 Å². The molecular weight excluding hydrogens is 306 g/mol. The number of aromatic nitrogens is 1. The van der Waals surface area contributed by atoms with Gasteiger partial charge in [0.15, 0.2) is 0 Å². The number of rotatable bonds is 6. The number of nitrogens with zero attached hydrogens (tertiary/aromatic N) is 1. The van der Waals surface area contributed by atoms with Crippen molar-refractivity contribution in [3.8, 4) is 0 Å². The Morgan fingerprint density at radius 1 is 1.25 bits per heavy atom.